The third kappa shape index (κ3) is 3.60. The van der Waals surface area contributed by atoms with Crippen LogP contribution in [0.5, 0.6) is 0 Å². The van der Waals surface area contributed by atoms with E-state index < -0.39 is 0 Å². The first-order valence-electron chi connectivity index (χ1n) is 7.34. The molecule has 0 N–H and O–H groups in total. The van der Waals surface area contributed by atoms with Crippen LogP contribution in [-0.2, 0) is 4.74 Å². The largest absolute Gasteiger partial charge is 0.365 e. The number of halogens is 3. The van der Waals surface area contributed by atoms with Crippen molar-refractivity contribution in [3.8, 4) is 0 Å². The van der Waals surface area contributed by atoms with E-state index in [0.29, 0.717) is 10.0 Å². The molecule has 1 saturated heterocycles. The van der Waals surface area contributed by atoms with Gasteiger partial charge in [-0.3, -0.25) is 0 Å². The van der Waals surface area contributed by atoms with E-state index in [9.17, 15) is 0 Å². The van der Waals surface area contributed by atoms with Crippen LogP contribution < -0.4 is 0 Å². The van der Waals surface area contributed by atoms with Crippen LogP contribution in [0.1, 0.15) is 41.7 Å². The molecule has 0 spiro atoms. The molecular weight excluding hydrogens is 339 g/mol. The van der Waals surface area contributed by atoms with Crippen molar-refractivity contribution in [3.63, 3.8) is 0 Å². The quantitative estimate of drug-likeness (QED) is 0.558. The minimum absolute atomic E-state index is 0.0105. The van der Waals surface area contributed by atoms with Crippen molar-refractivity contribution < 1.29 is 4.74 Å². The molecule has 3 rings (SSSR count). The van der Waals surface area contributed by atoms with Crippen LogP contribution >= 0.6 is 34.8 Å². The molecule has 0 aromatic heterocycles. The predicted molar refractivity (Wildman–Crippen MR) is 93.1 cm³/mol. The Hall–Kier alpha value is -0.730. The summed E-state index contributed by atoms with van der Waals surface area (Å²) in [4.78, 5) is 0. The van der Waals surface area contributed by atoms with Gasteiger partial charge in [-0.15, -0.1) is 11.6 Å². The molecule has 0 saturated carbocycles. The second-order valence-corrected chi connectivity index (χ2v) is 7.20. The maximum atomic E-state index is 6.47. The fourth-order valence-corrected chi connectivity index (χ4v) is 3.42. The van der Waals surface area contributed by atoms with Gasteiger partial charge in [0.25, 0.3) is 0 Å². The molecule has 2 aromatic carbocycles. The van der Waals surface area contributed by atoms with Crippen molar-refractivity contribution in [1.82, 2.24) is 0 Å². The number of alkyl halides is 1. The number of aryl methyl sites for hydroxylation is 1. The van der Waals surface area contributed by atoms with E-state index in [1.54, 1.807) is 6.07 Å². The number of ether oxygens (including phenoxy) is 1. The Morgan fingerprint density at radius 2 is 1.45 bits per heavy atom. The fraction of sp³-hybridized carbons (Fsp3) is 0.333. The summed E-state index contributed by atoms with van der Waals surface area (Å²) >= 11 is 18.6. The van der Waals surface area contributed by atoms with Crippen LogP contribution in [0, 0.1) is 6.92 Å². The SMILES string of the molecule is Cc1ccc(C2CC(Cl)CC(c3ccc(Cl)c(Cl)c3)O2)cc1. The van der Waals surface area contributed by atoms with Gasteiger partial charge < -0.3 is 4.74 Å². The average Bonchev–Trinajstić information content (AvgIpc) is 2.50. The third-order valence-electron chi connectivity index (χ3n) is 4.03. The van der Waals surface area contributed by atoms with E-state index in [1.165, 1.54) is 11.1 Å². The highest BCUT2D eigenvalue weighted by Crippen LogP contribution is 2.41. The molecule has 0 aliphatic carbocycles. The summed E-state index contributed by atoms with van der Waals surface area (Å²) in [7, 11) is 0. The molecule has 1 fully saturated rings. The lowest BCUT2D eigenvalue weighted by molar-refractivity contribution is -0.0516. The number of hydrogen-bond acceptors (Lipinski definition) is 1. The van der Waals surface area contributed by atoms with E-state index in [4.69, 9.17) is 39.5 Å². The molecule has 0 bridgehead atoms. The molecule has 2 aromatic rings. The monoisotopic (exact) mass is 354 g/mol. The molecule has 22 heavy (non-hydrogen) atoms. The Morgan fingerprint density at radius 1 is 0.864 bits per heavy atom. The van der Waals surface area contributed by atoms with E-state index in [0.717, 1.165) is 18.4 Å². The first kappa shape index (κ1) is 16.1. The van der Waals surface area contributed by atoms with Crippen molar-refractivity contribution in [2.75, 3.05) is 0 Å². The molecule has 116 valence electrons. The van der Waals surface area contributed by atoms with E-state index >= 15 is 0 Å². The maximum Gasteiger partial charge on any atom is 0.0847 e. The summed E-state index contributed by atoms with van der Waals surface area (Å²) in [6, 6.07) is 14.1. The highest BCUT2D eigenvalue weighted by molar-refractivity contribution is 6.42. The van der Waals surface area contributed by atoms with Crippen LogP contribution in [0.3, 0.4) is 0 Å². The Morgan fingerprint density at radius 3 is 2.09 bits per heavy atom. The van der Waals surface area contributed by atoms with Gasteiger partial charge in [-0.1, -0.05) is 59.1 Å². The first-order valence-corrected chi connectivity index (χ1v) is 8.53. The molecule has 1 heterocycles. The van der Waals surface area contributed by atoms with Crippen LogP contribution in [0.2, 0.25) is 10.0 Å². The van der Waals surface area contributed by atoms with Crippen molar-refractivity contribution in [2.45, 2.75) is 37.4 Å². The average molecular weight is 356 g/mol. The maximum absolute atomic E-state index is 6.47. The summed E-state index contributed by atoms with van der Waals surface area (Å²) in [5, 5.41) is 1.18. The summed E-state index contributed by atoms with van der Waals surface area (Å²) in [6.07, 6.45) is 1.55. The minimum atomic E-state index is -0.0580. The van der Waals surface area contributed by atoms with Gasteiger partial charge in [0.2, 0.25) is 0 Å². The van der Waals surface area contributed by atoms with Crippen molar-refractivity contribution in [1.29, 1.82) is 0 Å². The second-order valence-electron chi connectivity index (χ2n) is 5.77. The predicted octanol–water partition coefficient (Wildman–Crippen LogP) is 6.50. The Bertz CT molecular complexity index is 654. The Balaban J connectivity index is 1.84. The zero-order valence-corrected chi connectivity index (χ0v) is 14.5. The second kappa shape index (κ2) is 6.80. The first-order chi connectivity index (χ1) is 10.5. The van der Waals surface area contributed by atoms with Gasteiger partial charge in [0.15, 0.2) is 0 Å². The third-order valence-corrected chi connectivity index (χ3v) is 5.13. The fourth-order valence-electron chi connectivity index (χ4n) is 2.79. The highest BCUT2D eigenvalue weighted by Gasteiger charge is 2.30. The topological polar surface area (TPSA) is 9.23 Å². The van der Waals surface area contributed by atoms with Crippen LogP contribution in [0.25, 0.3) is 0 Å². The highest BCUT2D eigenvalue weighted by atomic mass is 35.5. The van der Waals surface area contributed by atoms with Gasteiger partial charge in [-0.2, -0.15) is 0 Å². The summed E-state index contributed by atoms with van der Waals surface area (Å²) in [5.41, 5.74) is 3.43. The van der Waals surface area contributed by atoms with Crippen LogP contribution in [0.15, 0.2) is 42.5 Å². The van der Waals surface area contributed by atoms with Gasteiger partial charge in [-0.05, 0) is 43.0 Å². The Labute approximate surface area is 146 Å². The smallest absolute Gasteiger partial charge is 0.0847 e. The standard InChI is InChI=1S/C18H17Cl3O/c1-11-2-4-12(5-3-11)17-9-14(19)10-18(22-17)13-6-7-15(20)16(21)8-13/h2-8,14,17-18H,9-10H2,1H3. The molecule has 3 unspecified atom stereocenters. The van der Waals surface area contributed by atoms with Gasteiger partial charge in [-0.25, -0.2) is 0 Å². The van der Waals surface area contributed by atoms with Crippen molar-refractivity contribution in [2.24, 2.45) is 0 Å². The van der Waals surface area contributed by atoms with E-state index in [2.05, 4.69) is 31.2 Å². The van der Waals surface area contributed by atoms with Crippen LogP contribution in [-0.4, -0.2) is 5.38 Å². The van der Waals surface area contributed by atoms with Gasteiger partial charge in [0.1, 0.15) is 0 Å². The summed E-state index contributed by atoms with van der Waals surface area (Å²) in [5.74, 6) is 0. The number of hydrogen-bond donors (Lipinski definition) is 0. The molecule has 1 aliphatic heterocycles. The molecule has 1 aliphatic rings. The van der Waals surface area contributed by atoms with Crippen molar-refractivity contribution >= 4 is 34.8 Å². The number of rotatable bonds is 2. The molecule has 3 atom stereocenters. The lowest BCUT2D eigenvalue weighted by atomic mass is 9.94. The Kier molecular flexibility index (Phi) is 4.99. The molecule has 4 heteroatoms. The minimum Gasteiger partial charge on any atom is -0.365 e. The zero-order chi connectivity index (χ0) is 15.7. The van der Waals surface area contributed by atoms with E-state index in [1.807, 2.05) is 12.1 Å². The molecular formula is C18H17Cl3O. The molecule has 0 radical (unpaired) electrons. The zero-order valence-electron chi connectivity index (χ0n) is 12.2. The van der Waals surface area contributed by atoms with Crippen molar-refractivity contribution in [3.05, 3.63) is 69.2 Å². The number of benzene rings is 2. The van der Waals surface area contributed by atoms with E-state index in [-0.39, 0.29) is 17.6 Å². The summed E-state index contributed by atoms with van der Waals surface area (Å²) < 4.78 is 6.28. The molecule has 0 amide bonds. The lowest BCUT2D eigenvalue weighted by Gasteiger charge is -2.33. The van der Waals surface area contributed by atoms with Gasteiger partial charge >= 0.3 is 0 Å². The molecule has 1 nitrogen and oxygen atoms in total. The lowest BCUT2D eigenvalue weighted by Crippen LogP contribution is -2.23. The van der Waals surface area contributed by atoms with Gasteiger partial charge in [0, 0.05) is 5.38 Å². The summed E-state index contributed by atoms with van der Waals surface area (Å²) in [6.45, 7) is 2.08. The normalized spacial score (nSPS) is 25.2. The van der Waals surface area contributed by atoms with Gasteiger partial charge in [0.05, 0.1) is 22.3 Å². The van der Waals surface area contributed by atoms with Crippen LogP contribution in [0.4, 0.5) is 0 Å².